The summed E-state index contributed by atoms with van der Waals surface area (Å²) in [5, 5.41) is 2.88. The fourth-order valence-electron chi connectivity index (χ4n) is 1.95. The number of carbonyl (C=O) groups excluding carboxylic acids is 1. The zero-order valence-corrected chi connectivity index (χ0v) is 13.7. The molecule has 0 aliphatic carbocycles. The summed E-state index contributed by atoms with van der Waals surface area (Å²) in [7, 11) is 0. The van der Waals surface area contributed by atoms with Crippen molar-refractivity contribution in [2.75, 3.05) is 5.32 Å². The Labute approximate surface area is 133 Å². The lowest BCUT2D eigenvalue weighted by atomic mass is 10.2. The van der Waals surface area contributed by atoms with E-state index in [2.05, 4.69) is 21.2 Å². The van der Waals surface area contributed by atoms with Gasteiger partial charge in [0.15, 0.2) is 6.10 Å². The van der Waals surface area contributed by atoms with Gasteiger partial charge >= 0.3 is 0 Å². The number of aryl methyl sites for hydroxylation is 1. The molecule has 2 aromatic rings. The molecule has 0 radical (unpaired) electrons. The number of carbonyl (C=O) groups is 1. The molecule has 4 heteroatoms. The van der Waals surface area contributed by atoms with Crippen LogP contribution >= 0.6 is 15.9 Å². The lowest BCUT2D eigenvalue weighted by molar-refractivity contribution is -0.122. The summed E-state index contributed by atoms with van der Waals surface area (Å²) in [6, 6.07) is 15.2. The third-order valence-corrected chi connectivity index (χ3v) is 3.61. The maximum atomic E-state index is 12.3. The van der Waals surface area contributed by atoms with Crippen LogP contribution in [0.25, 0.3) is 0 Å². The number of hydrogen-bond acceptors (Lipinski definition) is 2. The molecule has 0 heterocycles. The monoisotopic (exact) mass is 347 g/mol. The average Bonchev–Trinajstić information content (AvgIpc) is 2.46. The van der Waals surface area contributed by atoms with Crippen molar-refractivity contribution in [3.8, 4) is 5.75 Å². The molecule has 2 aromatic carbocycles. The number of ether oxygens (including phenoxy) is 1. The van der Waals surface area contributed by atoms with Crippen LogP contribution in [0, 0.1) is 6.92 Å². The van der Waals surface area contributed by atoms with E-state index in [9.17, 15) is 4.79 Å². The average molecular weight is 348 g/mol. The Balaban J connectivity index is 2.07. The normalized spacial score (nSPS) is 11.8. The van der Waals surface area contributed by atoms with Gasteiger partial charge in [0.1, 0.15) is 5.75 Å². The molecule has 0 saturated carbocycles. The molecule has 110 valence electrons. The Morgan fingerprint density at radius 1 is 1.24 bits per heavy atom. The summed E-state index contributed by atoms with van der Waals surface area (Å²) in [5.74, 6) is 0.604. The van der Waals surface area contributed by atoms with Crippen LogP contribution in [0.15, 0.2) is 53.0 Å². The van der Waals surface area contributed by atoms with Crippen LogP contribution in [0.2, 0.25) is 0 Å². The minimum atomic E-state index is -0.509. The Hall–Kier alpha value is -1.81. The van der Waals surface area contributed by atoms with Crippen molar-refractivity contribution < 1.29 is 9.53 Å². The SMILES string of the molecule is CC[C@H](Oc1ccccc1C)C(=O)Nc1cccc(Br)c1. The zero-order chi connectivity index (χ0) is 15.2. The van der Waals surface area contributed by atoms with Crippen molar-refractivity contribution in [1.29, 1.82) is 0 Å². The van der Waals surface area contributed by atoms with Crippen LogP contribution in [0.5, 0.6) is 5.75 Å². The fraction of sp³-hybridized carbons (Fsp3) is 0.235. The largest absolute Gasteiger partial charge is 0.480 e. The standard InChI is InChI=1S/C17H18BrNO2/c1-3-15(21-16-10-5-4-7-12(16)2)17(20)19-14-9-6-8-13(18)11-14/h4-11,15H,3H2,1-2H3,(H,19,20)/t15-/m0/s1. The summed E-state index contributed by atoms with van der Waals surface area (Å²) in [5.41, 5.74) is 1.77. The van der Waals surface area contributed by atoms with Crippen molar-refractivity contribution in [3.05, 3.63) is 58.6 Å². The van der Waals surface area contributed by atoms with Gasteiger partial charge in [-0.3, -0.25) is 4.79 Å². The Bertz CT molecular complexity index is 628. The minimum absolute atomic E-state index is 0.140. The van der Waals surface area contributed by atoms with Crippen LogP contribution < -0.4 is 10.1 Å². The van der Waals surface area contributed by atoms with E-state index in [1.54, 1.807) is 0 Å². The molecular weight excluding hydrogens is 330 g/mol. The third-order valence-electron chi connectivity index (χ3n) is 3.12. The first kappa shape index (κ1) is 15.6. The molecule has 0 aliphatic heterocycles. The first-order valence-electron chi connectivity index (χ1n) is 6.89. The lowest BCUT2D eigenvalue weighted by Gasteiger charge is -2.18. The van der Waals surface area contributed by atoms with E-state index < -0.39 is 6.10 Å². The van der Waals surface area contributed by atoms with Gasteiger partial charge in [-0.15, -0.1) is 0 Å². The van der Waals surface area contributed by atoms with Crippen LogP contribution in [0.3, 0.4) is 0 Å². The molecule has 0 spiro atoms. The van der Waals surface area contributed by atoms with Crippen LogP contribution in [0.4, 0.5) is 5.69 Å². The Kier molecular flexibility index (Phi) is 5.39. The number of anilines is 1. The molecule has 2 rings (SSSR count). The second-order valence-corrected chi connectivity index (χ2v) is 5.70. The zero-order valence-electron chi connectivity index (χ0n) is 12.1. The molecule has 0 unspecified atom stereocenters. The van der Waals surface area contributed by atoms with Gasteiger partial charge in [-0.2, -0.15) is 0 Å². The van der Waals surface area contributed by atoms with Crippen molar-refractivity contribution in [3.63, 3.8) is 0 Å². The van der Waals surface area contributed by atoms with Gasteiger partial charge in [0.2, 0.25) is 0 Å². The van der Waals surface area contributed by atoms with Crippen molar-refractivity contribution in [2.45, 2.75) is 26.4 Å². The number of nitrogens with one attached hydrogen (secondary N) is 1. The number of benzene rings is 2. The first-order chi connectivity index (χ1) is 10.1. The van der Waals surface area contributed by atoms with E-state index in [4.69, 9.17) is 4.74 Å². The summed E-state index contributed by atoms with van der Waals surface area (Å²) in [6.07, 6.45) is 0.0961. The number of hydrogen-bond donors (Lipinski definition) is 1. The van der Waals surface area contributed by atoms with E-state index in [0.29, 0.717) is 6.42 Å². The van der Waals surface area contributed by atoms with E-state index in [-0.39, 0.29) is 5.91 Å². The van der Waals surface area contributed by atoms with Crippen molar-refractivity contribution >= 4 is 27.5 Å². The van der Waals surface area contributed by atoms with Gasteiger partial charge in [-0.25, -0.2) is 0 Å². The smallest absolute Gasteiger partial charge is 0.265 e. The topological polar surface area (TPSA) is 38.3 Å². The maximum Gasteiger partial charge on any atom is 0.265 e. The predicted molar refractivity (Wildman–Crippen MR) is 88.7 cm³/mol. The quantitative estimate of drug-likeness (QED) is 0.861. The third kappa shape index (κ3) is 4.33. The second-order valence-electron chi connectivity index (χ2n) is 4.78. The van der Waals surface area contributed by atoms with Crippen LogP contribution in [0.1, 0.15) is 18.9 Å². The molecule has 0 bridgehead atoms. The van der Waals surface area contributed by atoms with Crippen molar-refractivity contribution in [2.24, 2.45) is 0 Å². The van der Waals surface area contributed by atoms with E-state index in [1.807, 2.05) is 62.4 Å². The summed E-state index contributed by atoms with van der Waals surface area (Å²) in [6.45, 7) is 3.90. The molecule has 0 aromatic heterocycles. The van der Waals surface area contributed by atoms with E-state index >= 15 is 0 Å². The Morgan fingerprint density at radius 2 is 2.00 bits per heavy atom. The first-order valence-corrected chi connectivity index (χ1v) is 7.68. The lowest BCUT2D eigenvalue weighted by Crippen LogP contribution is -2.32. The van der Waals surface area contributed by atoms with Gasteiger partial charge in [0, 0.05) is 10.2 Å². The fourth-order valence-corrected chi connectivity index (χ4v) is 2.35. The highest BCUT2D eigenvalue weighted by Gasteiger charge is 2.19. The number of rotatable bonds is 5. The highest BCUT2D eigenvalue weighted by Crippen LogP contribution is 2.20. The molecule has 3 nitrogen and oxygen atoms in total. The van der Waals surface area contributed by atoms with Gasteiger partial charge in [0.25, 0.3) is 5.91 Å². The minimum Gasteiger partial charge on any atom is -0.480 e. The molecule has 1 atom stereocenters. The van der Waals surface area contributed by atoms with Gasteiger partial charge in [-0.1, -0.05) is 47.1 Å². The van der Waals surface area contributed by atoms with Gasteiger partial charge in [0.05, 0.1) is 0 Å². The number of amides is 1. The van der Waals surface area contributed by atoms with Crippen molar-refractivity contribution in [1.82, 2.24) is 0 Å². The van der Waals surface area contributed by atoms with E-state index in [0.717, 1.165) is 21.5 Å². The molecule has 0 aliphatic rings. The highest BCUT2D eigenvalue weighted by atomic mass is 79.9. The predicted octanol–water partition coefficient (Wildman–Crippen LogP) is 4.55. The van der Waals surface area contributed by atoms with Gasteiger partial charge in [-0.05, 0) is 43.2 Å². The van der Waals surface area contributed by atoms with Crippen LogP contribution in [-0.2, 0) is 4.79 Å². The summed E-state index contributed by atoms with van der Waals surface area (Å²) >= 11 is 3.39. The molecule has 1 N–H and O–H groups in total. The Morgan fingerprint density at radius 3 is 2.67 bits per heavy atom. The summed E-state index contributed by atoms with van der Waals surface area (Å²) in [4.78, 5) is 12.3. The summed E-state index contributed by atoms with van der Waals surface area (Å²) < 4.78 is 6.76. The molecule has 21 heavy (non-hydrogen) atoms. The maximum absolute atomic E-state index is 12.3. The second kappa shape index (κ2) is 7.27. The molecular formula is C17H18BrNO2. The molecule has 0 saturated heterocycles. The molecule has 0 fully saturated rings. The van der Waals surface area contributed by atoms with Gasteiger partial charge < -0.3 is 10.1 Å². The number of halogens is 1. The van der Waals surface area contributed by atoms with E-state index in [1.165, 1.54) is 0 Å². The highest BCUT2D eigenvalue weighted by molar-refractivity contribution is 9.10. The van der Waals surface area contributed by atoms with Crippen LogP contribution in [-0.4, -0.2) is 12.0 Å². The number of para-hydroxylation sites is 1. The molecule has 1 amide bonds.